The average Bonchev–Trinajstić information content (AvgIpc) is 2.84. The van der Waals surface area contributed by atoms with Crippen molar-refractivity contribution in [3.63, 3.8) is 0 Å². The van der Waals surface area contributed by atoms with Crippen LogP contribution in [0.25, 0.3) is 5.65 Å². The molecule has 22 heavy (non-hydrogen) atoms. The molecule has 0 unspecified atom stereocenters. The van der Waals surface area contributed by atoms with E-state index in [1.54, 1.807) is 25.1 Å². The molecule has 1 atom stereocenters. The highest BCUT2D eigenvalue weighted by Gasteiger charge is 2.33. The molecular weight excluding hydrogens is 292 g/mol. The lowest BCUT2D eigenvalue weighted by molar-refractivity contribution is -0.389. The minimum atomic E-state index is -1.82. The summed E-state index contributed by atoms with van der Waals surface area (Å²) in [6, 6.07) is 4.95. The van der Waals surface area contributed by atoms with Gasteiger partial charge in [0, 0.05) is 6.07 Å². The first-order chi connectivity index (χ1) is 10.4. The van der Waals surface area contributed by atoms with Gasteiger partial charge in [-0.1, -0.05) is 6.07 Å². The zero-order chi connectivity index (χ0) is 16.3. The van der Waals surface area contributed by atoms with Crippen LogP contribution in [-0.4, -0.2) is 44.1 Å². The summed E-state index contributed by atoms with van der Waals surface area (Å²) in [5, 5.41) is 23.9. The standard InChI is InChI=1S/C13H16N4O5/c1-3-22-12(18)13(2,19)8-14-10-11(17(20)21)16-7-5-4-6-9(16)15-10/h4-7,14,19H,3,8H2,1-2H3/t13-/m1/s1. The Hall–Kier alpha value is -2.68. The van der Waals surface area contributed by atoms with Crippen molar-refractivity contribution in [2.45, 2.75) is 19.4 Å². The van der Waals surface area contributed by atoms with E-state index in [0.717, 1.165) is 0 Å². The van der Waals surface area contributed by atoms with Crippen LogP contribution in [0.2, 0.25) is 0 Å². The second-order valence-electron chi connectivity index (χ2n) is 4.82. The van der Waals surface area contributed by atoms with Crippen molar-refractivity contribution < 1.29 is 19.6 Å². The van der Waals surface area contributed by atoms with Gasteiger partial charge in [0.25, 0.3) is 0 Å². The van der Waals surface area contributed by atoms with E-state index in [2.05, 4.69) is 10.3 Å². The summed E-state index contributed by atoms with van der Waals surface area (Å²) in [6.45, 7) is 2.74. The first-order valence-corrected chi connectivity index (χ1v) is 6.61. The molecule has 9 nitrogen and oxygen atoms in total. The predicted octanol–water partition coefficient (Wildman–Crippen LogP) is 0.968. The number of anilines is 1. The van der Waals surface area contributed by atoms with Gasteiger partial charge >= 0.3 is 11.8 Å². The number of aliphatic hydroxyl groups is 1. The van der Waals surface area contributed by atoms with Gasteiger partial charge < -0.3 is 25.3 Å². The number of fused-ring (bicyclic) bond motifs is 1. The largest absolute Gasteiger partial charge is 0.464 e. The number of esters is 1. The van der Waals surface area contributed by atoms with Gasteiger partial charge in [0.1, 0.15) is 0 Å². The number of nitrogens with zero attached hydrogens (tertiary/aromatic N) is 3. The van der Waals surface area contributed by atoms with Gasteiger partial charge in [0.15, 0.2) is 5.60 Å². The lowest BCUT2D eigenvalue weighted by Gasteiger charge is -2.20. The van der Waals surface area contributed by atoms with E-state index < -0.39 is 16.5 Å². The smallest absolute Gasteiger partial charge is 0.372 e. The van der Waals surface area contributed by atoms with E-state index in [4.69, 9.17) is 4.74 Å². The van der Waals surface area contributed by atoms with Gasteiger partial charge in [-0.2, -0.15) is 9.38 Å². The SMILES string of the molecule is CCOC(=O)[C@](C)(O)CNc1nc2ccccn2c1[N+](=O)[O-]. The van der Waals surface area contributed by atoms with Crippen molar-refractivity contribution in [3.05, 3.63) is 34.5 Å². The Balaban J connectivity index is 2.27. The van der Waals surface area contributed by atoms with E-state index in [0.29, 0.717) is 5.65 Å². The maximum absolute atomic E-state index is 11.6. The van der Waals surface area contributed by atoms with Crippen LogP contribution in [0.1, 0.15) is 13.8 Å². The number of hydrogen-bond acceptors (Lipinski definition) is 7. The van der Waals surface area contributed by atoms with Gasteiger partial charge in [0.2, 0.25) is 11.5 Å². The summed E-state index contributed by atoms with van der Waals surface area (Å²) in [7, 11) is 0. The highest BCUT2D eigenvalue weighted by molar-refractivity contribution is 5.79. The molecule has 9 heteroatoms. The van der Waals surface area contributed by atoms with Crippen molar-refractivity contribution in [3.8, 4) is 0 Å². The second kappa shape index (κ2) is 5.98. The van der Waals surface area contributed by atoms with Crippen LogP contribution in [0.5, 0.6) is 0 Å². The summed E-state index contributed by atoms with van der Waals surface area (Å²) < 4.78 is 6.05. The maximum Gasteiger partial charge on any atom is 0.372 e. The van der Waals surface area contributed by atoms with Crippen LogP contribution in [-0.2, 0) is 9.53 Å². The number of imidazole rings is 1. The molecule has 2 heterocycles. The molecule has 0 saturated heterocycles. The average molecular weight is 308 g/mol. The van der Waals surface area contributed by atoms with Crippen LogP contribution in [0, 0.1) is 10.1 Å². The third-order valence-corrected chi connectivity index (χ3v) is 2.99. The summed E-state index contributed by atoms with van der Waals surface area (Å²) in [5.41, 5.74) is -1.44. The van der Waals surface area contributed by atoms with Crippen molar-refractivity contribution in [2.24, 2.45) is 0 Å². The molecule has 0 saturated carbocycles. The van der Waals surface area contributed by atoms with Gasteiger partial charge in [-0.25, -0.2) is 4.79 Å². The van der Waals surface area contributed by atoms with Gasteiger partial charge in [-0.15, -0.1) is 0 Å². The Labute approximate surface area is 125 Å². The van der Waals surface area contributed by atoms with Crippen molar-refractivity contribution >= 4 is 23.3 Å². The normalized spacial score (nSPS) is 13.6. The number of carbonyl (C=O) groups is 1. The van der Waals surface area contributed by atoms with Gasteiger partial charge in [-0.3, -0.25) is 0 Å². The van der Waals surface area contributed by atoms with Crippen LogP contribution < -0.4 is 5.32 Å². The summed E-state index contributed by atoms with van der Waals surface area (Å²) >= 11 is 0. The highest BCUT2D eigenvalue weighted by Crippen LogP contribution is 2.25. The van der Waals surface area contributed by atoms with Gasteiger partial charge in [0.05, 0.1) is 19.3 Å². The number of rotatable bonds is 6. The van der Waals surface area contributed by atoms with Crippen molar-refractivity contribution in [2.75, 3.05) is 18.5 Å². The lowest BCUT2D eigenvalue weighted by Crippen LogP contribution is -2.43. The Morgan fingerprint density at radius 2 is 2.32 bits per heavy atom. The molecule has 0 aliphatic heterocycles. The molecule has 0 aliphatic carbocycles. The number of hydrogen-bond donors (Lipinski definition) is 2. The van der Waals surface area contributed by atoms with Crippen LogP contribution in [0.3, 0.4) is 0 Å². The molecule has 0 fully saturated rings. The van der Waals surface area contributed by atoms with E-state index in [9.17, 15) is 20.0 Å². The molecule has 0 amide bonds. The van der Waals surface area contributed by atoms with E-state index in [-0.39, 0.29) is 24.8 Å². The predicted molar refractivity (Wildman–Crippen MR) is 77.6 cm³/mol. The zero-order valence-corrected chi connectivity index (χ0v) is 12.1. The highest BCUT2D eigenvalue weighted by atomic mass is 16.6. The first-order valence-electron chi connectivity index (χ1n) is 6.61. The topological polar surface area (TPSA) is 119 Å². The molecule has 2 aromatic rings. The Morgan fingerprint density at radius 3 is 2.95 bits per heavy atom. The third kappa shape index (κ3) is 2.98. The molecule has 0 aliphatic rings. The molecule has 2 rings (SSSR count). The number of aromatic nitrogens is 2. The molecule has 2 aromatic heterocycles. The molecular formula is C13H16N4O5. The fraction of sp³-hybridized carbons (Fsp3) is 0.385. The number of pyridine rings is 1. The van der Waals surface area contributed by atoms with Crippen LogP contribution in [0.4, 0.5) is 11.6 Å². The van der Waals surface area contributed by atoms with E-state index in [1.165, 1.54) is 17.5 Å². The lowest BCUT2D eigenvalue weighted by atomic mass is 10.1. The quantitative estimate of drug-likeness (QED) is 0.463. The number of carbonyl (C=O) groups excluding carboxylic acids is 1. The minimum absolute atomic E-state index is 0.0271. The first kappa shape index (κ1) is 15.7. The molecule has 0 radical (unpaired) electrons. The number of nitrogens with one attached hydrogen (secondary N) is 1. The fourth-order valence-corrected chi connectivity index (χ4v) is 1.89. The fourth-order valence-electron chi connectivity index (χ4n) is 1.89. The van der Waals surface area contributed by atoms with Crippen molar-refractivity contribution in [1.82, 2.24) is 9.38 Å². The molecule has 0 aromatic carbocycles. The van der Waals surface area contributed by atoms with Gasteiger partial charge in [-0.05, 0) is 24.8 Å². The molecule has 2 N–H and O–H groups in total. The molecule has 118 valence electrons. The third-order valence-electron chi connectivity index (χ3n) is 2.99. The summed E-state index contributed by atoms with van der Waals surface area (Å²) in [4.78, 5) is 26.3. The number of nitro groups is 1. The molecule has 0 spiro atoms. The Kier molecular flexibility index (Phi) is 4.27. The van der Waals surface area contributed by atoms with E-state index in [1.807, 2.05) is 0 Å². The van der Waals surface area contributed by atoms with Crippen LogP contribution >= 0.6 is 0 Å². The number of ether oxygens (including phenoxy) is 1. The Morgan fingerprint density at radius 1 is 1.59 bits per heavy atom. The van der Waals surface area contributed by atoms with Crippen molar-refractivity contribution in [1.29, 1.82) is 0 Å². The second-order valence-corrected chi connectivity index (χ2v) is 4.82. The maximum atomic E-state index is 11.6. The summed E-state index contributed by atoms with van der Waals surface area (Å²) in [5.74, 6) is -1.11. The van der Waals surface area contributed by atoms with E-state index >= 15 is 0 Å². The monoisotopic (exact) mass is 308 g/mol. The van der Waals surface area contributed by atoms with Crippen LogP contribution in [0.15, 0.2) is 24.4 Å². The minimum Gasteiger partial charge on any atom is -0.464 e. The Bertz CT molecular complexity index is 710. The summed E-state index contributed by atoms with van der Waals surface area (Å²) in [6.07, 6.45) is 1.51. The zero-order valence-electron chi connectivity index (χ0n) is 12.1. The molecule has 0 bridgehead atoms.